The Hall–Kier alpha value is -0.610. The third-order valence-corrected chi connectivity index (χ3v) is 2.10. The maximum atomic E-state index is 5.58. The molecular weight excluding hydrogens is 229 g/mol. The Morgan fingerprint density at radius 2 is 2.27 bits per heavy atom. The molecular formula is C6H3BrClN3. The summed E-state index contributed by atoms with van der Waals surface area (Å²) in [5.41, 5.74) is 0.918. The highest BCUT2D eigenvalue weighted by atomic mass is 79.9. The minimum Gasteiger partial charge on any atom is -0.223 e. The van der Waals surface area contributed by atoms with Crippen molar-refractivity contribution in [1.82, 2.24) is 14.6 Å². The average Bonchev–Trinajstić information content (AvgIpc) is 2.33. The van der Waals surface area contributed by atoms with Gasteiger partial charge in [0.1, 0.15) is 4.60 Å². The van der Waals surface area contributed by atoms with Crippen LogP contribution in [0, 0.1) is 0 Å². The van der Waals surface area contributed by atoms with Crippen LogP contribution in [-0.2, 0) is 0 Å². The number of nitrogens with zero attached hydrogens (tertiary/aromatic N) is 3. The minimum absolute atomic E-state index is 0.245. The second kappa shape index (κ2) is 2.46. The van der Waals surface area contributed by atoms with Crippen LogP contribution < -0.4 is 0 Å². The van der Waals surface area contributed by atoms with Gasteiger partial charge < -0.3 is 0 Å². The van der Waals surface area contributed by atoms with Gasteiger partial charge in [-0.2, -0.15) is 0 Å². The van der Waals surface area contributed by atoms with E-state index in [1.807, 2.05) is 12.1 Å². The molecule has 0 atom stereocenters. The summed E-state index contributed by atoms with van der Waals surface area (Å²) >= 11 is 8.90. The van der Waals surface area contributed by atoms with Gasteiger partial charge in [-0.1, -0.05) is 0 Å². The summed E-state index contributed by atoms with van der Waals surface area (Å²) in [4.78, 5) is 3.83. The molecule has 0 fully saturated rings. The van der Waals surface area contributed by atoms with Crippen LogP contribution in [-0.4, -0.2) is 14.6 Å². The third kappa shape index (κ3) is 1.12. The summed E-state index contributed by atoms with van der Waals surface area (Å²) in [5, 5.41) is 4.20. The highest BCUT2D eigenvalue weighted by molar-refractivity contribution is 9.10. The predicted molar refractivity (Wildman–Crippen MR) is 45.7 cm³/mol. The summed E-state index contributed by atoms with van der Waals surface area (Å²) in [7, 11) is 0. The summed E-state index contributed by atoms with van der Waals surface area (Å²) < 4.78 is 2.55. The summed E-state index contributed by atoms with van der Waals surface area (Å²) in [5.74, 6) is 0. The van der Waals surface area contributed by atoms with Gasteiger partial charge >= 0.3 is 0 Å². The molecule has 0 aromatic carbocycles. The van der Waals surface area contributed by atoms with E-state index in [9.17, 15) is 0 Å². The summed E-state index contributed by atoms with van der Waals surface area (Å²) in [6, 6.07) is 3.79. The van der Waals surface area contributed by atoms with Crippen molar-refractivity contribution in [3.05, 3.63) is 28.2 Å². The highest BCUT2D eigenvalue weighted by Gasteiger charge is 1.99. The molecule has 3 nitrogen and oxygen atoms in total. The molecule has 11 heavy (non-hydrogen) atoms. The smallest absolute Gasteiger partial charge is 0.223 e. The topological polar surface area (TPSA) is 30.2 Å². The molecule has 2 aromatic rings. The summed E-state index contributed by atoms with van der Waals surface area (Å²) in [6.45, 7) is 0. The van der Waals surface area contributed by atoms with Gasteiger partial charge in [-0.3, -0.25) is 0 Å². The molecule has 0 N–H and O–H groups in total. The Morgan fingerprint density at radius 1 is 1.45 bits per heavy atom. The van der Waals surface area contributed by atoms with Crippen LogP contribution in [0.5, 0.6) is 0 Å². The van der Waals surface area contributed by atoms with Crippen molar-refractivity contribution in [3.8, 4) is 0 Å². The fourth-order valence-electron chi connectivity index (χ4n) is 0.850. The second-order valence-electron chi connectivity index (χ2n) is 2.02. The van der Waals surface area contributed by atoms with E-state index in [-0.39, 0.29) is 5.28 Å². The van der Waals surface area contributed by atoms with Crippen molar-refractivity contribution < 1.29 is 0 Å². The third-order valence-electron chi connectivity index (χ3n) is 1.32. The maximum Gasteiger partial charge on any atom is 0.241 e. The molecule has 56 valence electrons. The Bertz CT molecular complexity index is 398. The van der Waals surface area contributed by atoms with Gasteiger partial charge in [0.2, 0.25) is 5.28 Å². The van der Waals surface area contributed by atoms with E-state index in [1.54, 1.807) is 10.7 Å². The molecule has 0 amide bonds. The van der Waals surface area contributed by atoms with Crippen molar-refractivity contribution in [3.63, 3.8) is 0 Å². The zero-order valence-corrected chi connectivity index (χ0v) is 7.67. The number of aromatic nitrogens is 3. The molecule has 0 saturated heterocycles. The molecule has 2 heterocycles. The predicted octanol–water partition coefficient (Wildman–Crippen LogP) is 2.15. The first kappa shape index (κ1) is 7.06. The number of hydrogen-bond acceptors (Lipinski definition) is 2. The number of halogens is 2. The van der Waals surface area contributed by atoms with Gasteiger partial charge in [-0.15, -0.1) is 5.10 Å². The van der Waals surface area contributed by atoms with Crippen LogP contribution in [0.2, 0.25) is 5.28 Å². The molecule has 0 spiro atoms. The molecule has 5 heteroatoms. The van der Waals surface area contributed by atoms with E-state index in [1.165, 1.54) is 0 Å². The zero-order chi connectivity index (χ0) is 7.84. The van der Waals surface area contributed by atoms with Gasteiger partial charge in [0.05, 0.1) is 11.7 Å². The molecule has 0 aliphatic carbocycles. The first-order chi connectivity index (χ1) is 5.27. The molecule has 2 rings (SSSR count). The van der Waals surface area contributed by atoms with E-state index < -0.39 is 0 Å². The van der Waals surface area contributed by atoms with Crippen molar-refractivity contribution in [2.24, 2.45) is 0 Å². The number of hydrogen-bond donors (Lipinski definition) is 0. The fourth-order valence-corrected chi connectivity index (χ4v) is 1.39. The normalized spacial score (nSPS) is 10.7. The number of rotatable bonds is 0. The lowest BCUT2D eigenvalue weighted by atomic mass is 10.5. The molecule has 0 radical (unpaired) electrons. The van der Waals surface area contributed by atoms with Gasteiger partial charge in [-0.25, -0.2) is 9.50 Å². The quantitative estimate of drug-likeness (QED) is 0.697. The van der Waals surface area contributed by atoms with Gasteiger partial charge in [0.25, 0.3) is 0 Å². The fraction of sp³-hybridized carbons (Fsp3) is 0. The van der Waals surface area contributed by atoms with Gasteiger partial charge in [0.15, 0.2) is 0 Å². The van der Waals surface area contributed by atoms with Gasteiger partial charge in [0, 0.05) is 0 Å². The average molecular weight is 232 g/mol. The monoisotopic (exact) mass is 231 g/mol. The first-order valence-corrected chi connectivity index (χ1v) is 4.10. The van der Waals surface area contributed by atoms with Crippen LogP contribution >= 0.6 is 27.5 Å². The molecule has 0 bridgehead atoms. The molecule has 2 aromatic heterocycles. The van der Waals surface area contributed by atoms with Crippen LogP contribution in [0.15, 0.2) is 22.9 Å². The van der Waals surface area contributed by atoms with E-state index in [4.69, 9.17) is 11.6 Å². The van der Waals surface area contributed by atoms with Crippen molar-refractivity contribution in [2.75, 3.05) is 0 Å². The standard InChI is InChI=1S/C6H3BrClN3/c7-5-2-1-4-3-9-6(8)10-11(4)5/h1-3H. The lowest BCUT2D eigenvalue weighted by molar-refractivity contribution is 0.886. The van der Waals surface area contributed by atoms with E-state index in [0.717, 1.165) is 10.1 Å². The molecule has 0 aliphatic heterocycles. The van der Waals surface area contributed by atoms with Gasteiger partial charge in [-0.05, 0) is 39.7 Å². The SMILES string of the molecule is Clc1ncc2ccc(Br)n2n1. The largest absolute Gasteiger partial charge is 0.241 e. The molecule has 0 unspecified atom stereocenters. The van der Waals surface area contributed by atoms with E-state index in [0.29, 0.717) is 0 Å². The van der Waals surface area contributed by atoms with Crippen molar-refractivity contribution >= 4 is 33.0 Å². The minimum atomic E-state index is 0.245. The van der Waals surface area contributed by atoms with Crippen LogP contribution in [0.3, 0.4) is 0 Å². The Labute approximate surface area is 76.1 Å². The number of fused-ring (bicyclic) bond motifs is 1. The maximum absolute atomic E-state index is 5.58. The van der Waals surface area contributed by atoms with E-state index in [2.05, 4.69) is 26.0 Å². The second-order valence-corrected chi connectivity index (χ2v) is 3.17. The highest BCUT2D eigenvalue weighted by Crippen LogP contribution is 2.14. The zero-order valence-electron chi connectivity index (χ0n) is 5.33. The molecule has 0 saturated carbocycles. The summed E-state index contributed by atoms with van der Waals surface area (Å²) in [6.07, 6.45) is 1.67. The lowest BCUT2D eigenvalue weighted by Gasteiger charge is -1.93. The van der Waals surface area contributed by atoms with Crippen LogP contribution in [0.1, 0.15) is 0 Å². The first-order valence-electron chi connectivity index (χ1n) is 2.93. The van der Waals surface area contributed by atoms with Crippen molar-refractivity contribution in [2.45, 2.75) is 0 Å². The van der Waals surface area contributed by atoms with Crippen LogP contribution in [0.4, 0.5) is 0 Å². The Balaban J connectivity index is 2.87. The lowest BCUT2D eigenvalue weighted by Crippen LogP contribution is -1.92. The van der Waals surface area contributed by atoms with Crippen LogP contribution in [0.25, 0.3) is 5.52 Å². The van der Waals surface area contributed by atoms with Crippen molar-refractivity contribution in [1.29, 1.82) is 0 Å². The van der Waals surface area contributed by atoms with E-state index >= 15 is 0 Å². The Morgan fingerprint density at radius 3 is 3.09 bits per heavy atom. The Kier molecular flexibility index (Phi) is 1.58. The molecule has 0 aliphatic rings.